The van der Waals surface area contributed by atoms with Crippen LogP contribution in [-0.2, 0) is 129 Å². The number of aromatic nitrogens is 5. The predicted molar refractivity (Wildman–Crippen MR) is 375 cm³/mol. The van der Waals surface area contributed by atoms with Crippen LogP contribution in [0.3, 0.4) is 0 Å². The molecule has 0 radical (unpaired) electrons. The van der Waals surface area contributed by atoms with E-state index < -0.39 is 41.2 Å². The Morgan fingerprint density at radius 1 is 0.731 bits per heavy atom. The molecule has 30 nitrogen and oxygen atoms in total. The normalized spacial score (nSPS) is 17.5. The van der Waals surface area contributed by atoms with Crippen molar-refractivity contribution in [3.05, 3.63) is 80.9 Å². The average Bonchev–Trinajstić information content (AvgIpc) is 1.39. The Balaban J connectivity index is 0.582. The van der Waals surface area contributed by atoms with Crippen LogP contribution in [0.25, 0.3) is 22.3 Å². The summed E-state index contributed by atoms with van der Waals surface area (Å²) in [6.45, 7) is 13.9. The van der Waals surface area contributed by atoms with E-state index in [4.69, 9.17) is 67.6 Å². The highest BCUT2D eigenvalue weighted by Gasteiger charge is 2.51. The first-order valence-electron chi connectivity index (χ1n) is 36.6. The van der Waals surface area contributed by atoms with E-state index in [0.717, 1.165) is 47.9 Å². The van der Waals surface area contributed by atoms with E-state index in [-0.39, 0.29) is 116 Å². The largest absolute Gasteiger partial charge is 0.509 e. The molecule has 1 aromatic carbocycles. The number of ether oxygens (including phenoxy) is 12. The molecule has 4 aliphatic rings. The van der Waals surface area contributed by atoms with Gasteiger partial charge in [-0.3, -0.25) is 38.5 Å². The lowest BCUT2D eigenvalue weighted by molar-refractivity contribution is -0.175. The molecule has 3 amide bonds. The molecule has 0 bridgehead atoms. The van der Waals surface area contributed by atoms with Crippen LogP contribution in [0.2, 0.25) is 0 Å². The summed E-state index contributed by atoms with van der Waals surface area (Å²) in [5.41, 5.74) is 7.69. The molecule has 572 valence electrons. The summed E-state index contributed by atoms with van der Waals surface area (Å²) in [7, 11) is 0. The molecule has 8 rings (SSSR count). The lowest BCUT2D eigenvalue weighted by Gasteiger charge is -2.35. The monoisotopic (exact) mass is 1460 g/mol. The predicted octanol–water partition coefficient (Wildman–Crippen LogP) is 5.38. The molecule has 1 aliphatic carbocycles. The number of amides is 3. The van der Waals surface area contributed by atoms with E-state index in [1.165, 1.54) is 23.1 Å². The van der Waals surface area contributed by atoms with Crippen molar-refractivity contribution < 1.29 is 100 Å². The van der Waals surface area contributed by atoms with Crippen LogP contribution in [0, 0.1) is 23.7 Å². The number of carbonyl (C=O) groups is 8. The molecule has 3 unspecified atom stereocenters. The van der Waals surface area contributed by atoms with Crippen LogP contribution in [-0.4, -0.2) is 226 Å². The summed E-state index contributed by atoms with van der Waals surface area (Å²) in [4.78, 5) is 124. The zero-order chi connectivity index (χ0) is 74.2. The van der Waals surface area contributed by atoms with Crippen molar-refractivity contribution in [2.75, 3.05) is 139 Å². The lowest BCUT2D eigenvalue weighted by Crippen LogP contribution is -2.48. The third kappa shape index (κ3) is 24.4. The first kappa shape index (κ1) is 81.9. The second-order valence-electron chi connectivity index (χ2n) is 26.6. The average molecular weight is 1460 g/mol. The number of hydrogen-bond acceptors (Lipinski definition) is 26. The molecule has 104 heavy (non-hydrogen) atoms. The Morgan fingerprint density at radius 2 is 1.35 bits per heavy atom. The van der Waals surface area contributed by atoms with Crippen LogP contribution in [0.4, 0.5) is 4.79 Å². The van der Waals surface area contributed by atoms with Gasteiger partial charge in [-0.05, 0) is 106 Å². The van der Waals surface area contributed by atoms with E-state index in [2.05, 4.69) is 15.6 Å². The molecule has 3 aromatic heterocycles. The molecule has 4 aromatic rings. The quantitative estimate of drug-likeness (QED) is 0.0250. The number of hydrogen-bond donors (Lipinski definition) is 3. The molecular formula is C74H104N8O22. The first-order chi connectivity index (χ1) is 50.4. The summed E-state index contributed by atoms with van der Waals surface area (Å²) in [5, 5.41) is 22.3. The lowest BCUT2D eigenvalue weighted by atomic mass is 9.79. The zero-order valence-electron chi connectivity index (χ0n) is 60.6. The molecule has 3 atom stereocenters. The van der Waals surface area contributed by atoms with E-state index in [9.17, 15) is 48.3 Å². The minimum Gasteiger partial charge on any atom is -0.508 e. The van der Waals surface area contributed by atoms with Crippen LogP contribution < -0.4 is 16.6 Å². The summed E-state index contributed by atoms with van der Waals surface area (Å²) in [6.07, 6.45) is 9.83. The van der Waals surface area contributed by atoms with Gasteiger partial charge in [0.05, 0.1) is 146 Å². The number of phenolic OH excluding ortho intramolecular Hbond substituents is 1. The highest BCUT2D eigenvalue weighted by molar-refractivity contribution is 6.12. The maximum absolute atomic E-state index is 14.2. The number of nitrogens with one attached hydrogen (secondary N) is 1. The van der Waals surface area contributed by atoms with Crippen molar-refractivity contribution in [2.45, 2.75) is 149 Å². The number of cyclic esters (lactones) is 1. The molecule has 4 N–H and O–H groups in total. The number of Topliss-reactive ketones (excluding diaryl/α,β-unsaturated/α-hetero) is 3. The van der Waals surface area contributed by atoms with Crippen molar-refractivity contribution in [3.8, 4) is 17.1 Å². The number of benzene rings is 1. The topological polar surface area (TPSA) is 374 Å². The van der Waals surface area contributed by atoms with Crippen molar-refractivity contribution in [1.82, 2.24) is 34.8 Å². The third-order valence-electron chi connectivity index (χ3n) is 18.9. The number of nitrogens with zero attached hydrogens (tertiary/aromatic N) is 6. The van der Waals surface area contributed by atoms with Gasteiger partial charge in [-0.1, -0.05) is 39.3 Å². The maximum Gasteiger partial charge on any atom is 0.509 e. The number of unbranched alkanes of at least 4 members (excludes halogenated alkanes) is 1. The SMILES string of the molecule is CCc1c2c(nc3ccc(O)cc13)-c1cc3c(c(=O)n1C2)COC(=O)C3(CC)OC(=O)OCC(NC(=O)C(CCCCN)CC(=O)COCC(=O)CCCOCCOCCOCCOCCOCCOCCOCCOCCn1cc(CCC(=O)C2CCC(CN3C(=O)C=CC3=O)CC2)nn1)C(C)C. The minimum absolute atomic E-state index is 0.00294. The number of phenols is 1. The summed E-state index contributed by atoms with van der Waals surface area (Å²) < 4.78 is 70.4. The number of fused-ring (bicyclic) bond motifs is 5. The smallest absolute Gasteiger partial charge is 0.508 e. The van der Waals surface area contributed by atoms with E-state index >= 15 is 0 Å². The highest BCUT2D eigenvalue weighted by Crippen LogP contribution is 2.43. The molecule has 3 aliphatic heterocycles. The van der Waals surface area contributed by atoms with Gasteiger partial charge in [0.2, 0.25) is 11.5 Å². The van der Waals surface area contributed by atoms with Crippen LogP contribution in [0.1, 0.15) is 133 Å². The van der Waals surface area contributed by atoms with Gasteiger partial charge >= 0.3 is 12.1 Å². The maximum atomic E-state index is 14.2. The number of rotatable bonds is 52. The van der Waals surface area contributed by atoms with E-state index in [1.807, 2.05) is 27.0 Å². The van der Waals surface area contributed by atoms with Gasteiger partial charge < -0.3 is 77.6 Å². The van der Waals surface area contributed by atoms with Gasteiger partial charge in [-0.2, -0.15) is 0 Å². The van der Waals surface area contributed by atoms with Crippen LogP contribution in [0.5, 0.6) is 5.75 Å². The van der Waals surface area contributed by atoms with Crippen molar-refractivity contribution >= 4 is 58.1 Å². The van der Waals surface area contributed by atoms with Crippen LogP contribution in [0.15, 0.2) is 47.4 Å². The molecule has 1 fully saturated rings. The summed E-state index contributed by atoms with van der Waals surface area (Å²) in [5.74, 6) is -2.92. The number of aryl methyl sites for hydroxylation is 2. The van der Waals surface area contributed by atoms with Gasteiger partial charge in [0.15, 0.2) is 11.6 Å². The molecule has 0 saturated heterocycles. The number of nitrogens with two attached hydrogens (primary N) is 1. The molecule has 30 heteroatoms. The Morgan fingerprint density at radius 3 is 1.95 bits per heavy atom. The van der Waals surface area contributed by atoms with Crippen molar-refractivity contribution in [2.24, 2.45) is 29.4 Å². The zero-order valence-corrected chi connectivity index (χ0v) is 60.6. The fraction of sp³-hybridized carbons (Fsp3) is 0.649. The van der Waals surface area contributed by atoms with E-state index in [0.29, 0.717) is 187 Å². The van der Waals surface area contributed by atoms with E-state index in [1.54, 1.807) is 34.4 Å². The van der Waals surface area contributed by atoms with Crippen molar-refractivity contribution in [3.63, 3.8) is 0 Å². The third-order valence-corrected chi connectivity index (χ3v) is 18.9. The van der Waals surface area contributed by atoms with Gasteiger partial charge in [0, 0.05) is 85.5 Å². The van der Waals surface area contributed by atoms with Gasteiger partial charge in [0.1, 0.15) is 38.0 Å². The first-order valence-corrected chi connectivity index (χ1v) is 36.6. The number of aromatic hydroxyl groups is 1. The molecule has 6 heterocycles. The fourth-order valence-electron chi connectivity index (χ4n) is 13.0. The van der Waals surface area contributed by atoms with Gasteiger partial charge in [-0.25, -0.2) is 19.3 Å². The van der Waals surface area contributed by atoms with Gasteiger partial charge in [-0.15, -0.1) is 5.10 Å². The number of esters is 1. The second kappa shape index (κ2) is 43.0. The second-order valence-corrected chi connectivity index (χ2v) is 26.6. The standard InChI is InChI=1S/C74H104N8O22/c1-5-58-59-41-55(83)17-18-63(59)76-69-60(58)45-81-65(69)42-62-61(71(81)90)48-102-72(91)74(62,6-2)104-73(92)103-49-64(50(3)4)77-70(89)53(10-7-8-22-75)40-57(85)47-101-46-56(84)11-9-24-93-26-28-95-30-32-97-34-36-99-38-39-100-37-35-98-33-31-96-29-27-94-25-23-80-44-54(78-79-80)16-19-66(86)52-14-12-51(13-15-52)43-82-67(87)20-21-68(82)88/h17-18,20-21,41-42,44,50-53,64,83H,5-16,19,22-40,43,45-49,75H2,1-4H3,(H,77,89). The Bertz CT molecular complexity index is 3570. The Kier molecular flexibility index (Phi) is 33.8. The number of ketones is 3. The molecule has 1 saturated carbocycles. The van der Waals surface area contributed by atoms with Crippen molar-refractivity contribution in [1.29, 1.82) is 0 Å². The van der Waals surface area contributed by atoms with Crippen LogP contribution >= 0.6 is 0 Å². The number of carbonyl (C=O) groups excluding carboxylic acids is 8. The molecular weight excluding hydrogens is 1350 g/mol. The fourth-order valence-corrected chi connectivity index (χ4v) is 13.0. The highest BCUT2D eigenvalue weighted by atomic mass is 16.7. The molecule has 0 spiro atoms. The van der Waals surface area contributed by atoms with Gasteiger partial charge in [0.25, 0.3) is 17.4 Å². The minimum atomic E-state index is -2.05. The number of pyridine rings is 2. The Hall–Kier alpha value is -7.78. The summed E-state index contributed by atoms with van der Waals surface area (Å²) >= 11 is 0. The Labute approximate surface area is 605 Å². The summed E-state index contributed by atoms with van der Waals surface area (Å²) in [6, 6.07) is 5.80. The number of imide groups is 1.